The summed E-state index contributed by atoms with van der Waals surface area (Å²) in [4.78, 5) is 10.8. The molecule has 0 heterocycles. The Morgan fingerprint density at radius 2 is 2.29 bits per heavy atom. The van der Waals surface area contributed by atoms with E-state index >= 15 is 0 Å². The first-order valence-corrected chi connectivity index (χ1v) is 4.07. The number of benzene rings is 1. The second-order valence-electron chi connectivity index (χ2n) is 2.97. The van der Waals surface area contributed by atoms with Crippen LogP contribution in [0.3, 0.4) is 0 Å². The molecule has 0 aromatic heterocycles. The van der Waals surface area contributed by atoms with Crippen molar-refractivity contribution in [3.05, 3.63) is 34.4 Å². The van der Waals surface area contributed by atoms with Gasteiger partial charge in [0, 0.05) is 6.54 Å². The predicted molar refractivity (Wildman–Crippen MR) is 50.7 cm³/mol. The maximum atomic E-state index is 10.8. The number of aromatic carboxylic acids is 1. The third-order valence-electron chi connectivity index (χ3n) is 1.93. The monoisotopic (exact) mass is 190 g/mol. The standard InChI is InChI=1S/C10H10N2O2/c1-6-2-7(4-11)9(5-12)8(3-6)10(13)14/h2-3H,4,11H2,1H3,(H,13,14). The van der Waals surface area contributed by atoms with Crippen LogP contribution in [-0.4, -0.2) is 11.1 Å². The quantitative estimate of drug-likeness (QED) is 0.728. The van der Waals surface area contributed by atoms with Crippen LogP contribution in [0, 0.1) is 18.3 Å². The van der Waals surface area contributed by atoms with E-state index in [1.807, 2.05) is 6.07 Å². The van der Waals surface area contributed by atoms with Crippen molar-refractivity contribution in [3.63, 3.8) is 0 Å². The van der Waals surface area contributed by atoms with Crippen LogP contribution >= 0.6 is 0 Å². The highest BCUT2D eigenvalue weighted by molar-refractivity contribution is 5.91. The molecule has 0 fully saturated rings. The highest BCUT2D eigenvalue weighted by atomic mass is 16.4. The summed E-state index contributed by atoms with van der Waals surface area (Å²) in [5.41, 5.74) is 6.97. The van der Waals surface area contributed by atoms with Gasteiger partial charge in [-0.25, -0.2) is 4.79 Å². The number of aryl methyl sites for hydroxylation is 1. The second kappa shape index (κ2) is 3.90. The van der Waals surface area contributed by atoms with Crippen LogP contribution in [0.15, 0.2) is 12.1 Å². The van der Waals surface area contributed by atoms with Gasteiger partial charge in [-0.15, -0.1) is 0 Å². The Balaban J connectivity index is 3.49. The minimum absolute atomic E-state index is 0.0213. The molecule has 4 heteroatoms. The molecule has 0 aliphatic rings. The van der Waals surface area contributed by atoms with Gasteiger partial charge in [-0.1, -0.05) is 6.07 Å². The molecule has 3 N–H and O–H groups in total. The minimum Gasteiger partial charge on any atom is -0.478 e. The molecule has 0 atom stereocenters. The molecule has 0 saturated carbocycles. The maximum absolute atomic E-state index is 10.8. The van der Waals surface area contributed by atoms with Gasteiger partial charge in [-0.3, -0.25) is 0 Å². The largest absolute Gasteiger partial charge is 0.478 e. The zero-order valence-electron chi connectivity index (χ0n) is 7.74. The van der Waals surface area contributed by atoms with E-state index in [0.717, 1.165) is 5.56 Å². The van der Waals surface area contributed by atoms with Crippen molar-refractivity contribution >= 4 is 5.97 Å². The summed E-state index contributed by atoms with van der Waals surface area (Å²) >= 11 is 0. The van der Waals surface area contributed by atoms with Crippen LogP contribution in [0.2, 0.25) is 0 Å². The fourth-order valence-electron chi connectivity index (χ4n) is 1.32. The number of rotatable bonds is 2. The van der Waals surface area contributed by atoms with Crippen molar-refractivity contribution in [3.8, 4) is 6.07 Å². The average Bonchev–Trinajstić information content (AvgIpc) is 2.16. The zero-order valence-corrected chi connectivity index (χ0v) is 7.74. The Morgan fingerprint density at radius 3 is 2.71 bits per heavy atom. The third-order valence-corrected chi connectivity index (χ3v) is 1.93. The maximum Gasteiger partial charge on any atom is 0.337 e. The van der Waals surface area contributed by atoms with Crippen molar-refractivity contribution in [1.29, 1.82) is 5.26 Å². The zero-order chi connectivity index (χ0) is 10.7. The summed E-state index contributed by atoms with van der Waals surface area (Å²) in [6, 6.07) is 5.06. The van der Waals surface area contributed by atoms with E-state index in [4.69, 9.17) is 16.1 Å². The van der Waals surface area contributed by atoms with E-state index in [1.165, 1.54) is 6.07 Å². The average molecular weight is 190 g/mol. The lowest BCUT2D eigenvalue weighted by atomic mass is 9.99. The van der Waals surface area contributed by atoms with E-state index in [1.54, 1.807) is 13.0 Å². The van der Waals surface area contributed by atoms with Crippen molar-refractivity contribution < 1.29 is 9.90 Å². The molecular weight excluding hydrogens is 180 g/mol. The van der Waals surface area contributed by atoms with Gasteiger partial charge < -0.3 is 10.8 Å². The van der Waals surface area contributed by atoms with Gasteiger partial charge in [0.1, 0.15) is 6.07 Å². The number of carboxylic acids is 1. The lowest BCUT2D eigenvalue weighted by Gasteiger charge is -2.05. The van der Waals surface area contributed by atoms with Crippen LogP contribution in [0.5, 0.6) is 0 Å². The normalized spacial score (nSPS) is 9.50. The molecule has 1 aromatic carbocycles. The van der Waals surface area contributed by atoms with Crippen molar-refractivity contribution in [2.45, 2.75) is 13.5 Å². The summed E-state index contributed by atoms with van der Waals surface area (Å²) in [5, 5.41) is 17.7. The van der Waals surface area contributed by atoms with Gasteiger partial charge >= 0.3 is 5.97 Å². The first kappa shape index (κ1) is 10.2. The highest BCUT2D eigenvalue weighted by Crippen LogP contribution is 2.16. The topological polar surface area (TPSA) is 87.1 Å². The molecule has 0 amide bonds. The first-order valence-electron chi connectivity index (χ1n) is 4.07. The SMILES string of the molecule is Cc1cc(CN)c(C#N)c(C(=O)O)c1. The van der Waals surface area contributed by atoms with Crippen LogP contribution in [0.1, 0.15) is 27.0 Å². The van der Waals surface area contributed by atoms with E-state index in [0.29, 0.717) is 5.56 Å². The van der Waals surface area contributed by atoms with Gasteiger partial charge in [0.25, 0.3) is 0 Å². The fraction of sp³-hybridized carbons (Fsp3) is 0.200. The van der Waals surface area contributed by atoms with Crippen LogP contribution in [0.4, 0.5) is 0 Å². The predicted octanol–water partition coefficient (Wildman–Crippen LogP) is 1.02. The van der Waals surface area contributed by atoms with Gasteiger partial charge in [0.2, 0.25) is 0 Å². The van der Waals surface area contributed by atoms with E-state index in [2.05, 4.69) is 0 Å². The van der Waals surface area contributed by atoms with Crippen LogP contribution in [0.25, 0.3) is 0 Å². The van der Waals surface area contributed by atoms with E-state index in [9.17, 15) is 4.79 Å². The highest BCUT2D eigenvalue weighted by Gasteiger charge is 2.13. The number of nitrogens with two attached hydrogens (primary N) is 1. The van der Waals surface area contributed by atoms with Crippen molar-refractivity contribution in [1.82, 2.24) is 0 Å². The van der Waals surface area contributed by atoms with Gasteiger partial charge in [0.15, 0.2) is 0 Å². The molecule has 1 aromatic rings. The molecular formula is C10H10N2O2. The number of nitrogens with zero attached hydrogens (tertiary/aromatic N) is 1. The minimum atomic E-state index is -1.10. The molecule has 0 aliphatic heterocycles. The number of hydrogen-bond donors (Lipinski definition) is 2. The molecule has 0 saturated heterocycles. The lowest BCUT2D eigenvalue weighted by Crippen LogP contribution is -2.07. The Morgan fingerprint density at radius 1 is 1.64 bits per heavy atom. The van der Waals surface area contributed by atoms with Gasteiger partial charge in [-0.2, -0.15) is 5.26 Å². The molecule has 1 rings (SSSR count). The number of nitriles is 1. The van der Waals surface area contributed by atoms with Crippen molar-refractivity contribution in [2.24, 2.45) is 5.73 Å². The molecule has 0 unspecified atom stereocenters. The smallest absolute Gasteiger partial charge is 0.337 e. The van der Waals surface area contributed by atoms with Crippen LogP contribution in [-0.2, 0) is 6.54 Å². The molecule has 0 spiro atoms. The van der Waals surface area contributed by atoms with Gasteiger partial charge in [0.05, 0.1) is 11.1 Å². The van der Waals surface area contributed by atoms with E-state index in [-0.39, 0.29) is 17.7 Å². The Bertz CT molecular complexity index is 419. The molecule has 0 radical (unpaired) electrons. The number of carbonyl (C=O) groups is 1. The van der Waals surface area contributed by atoms with E-state index < -0.39 is 5.97 Å². The molecule has 14 heavy (non-hydrogen) atoms. The van der Waals surface area contributed by atoms with Gasteiger partial charge in [-0.05, 0) is 24.1 Å². The number of carboxylic acid groups (broad SMARTS) is 1. The Kier molecular flexibility index (Phi) is 2.85. The summed E-state index contributed by atoms with van der Waals surface area (Å²) in [7, 11) is 0. The summed E-state index contributed by atoms with van der Waals surface area (Å²) in [6.07, 6.45) is 0. The second-order valence-corrected chi connectivity index (χ2v) is 2.97. The molecule has 0 aliphatic carbocycles. The summed E-state index contributed by atoms with van der Waals surface area (Å²) < 4.78 is 0. The van der Waals surface area contributed by atoms with Crippen LogP contribution < -0.4 is 5.73 Å². The molecule has 72 valence electrons. The Hall–Kier alpha value is -1.86. The summed E-state index contributed by atoms with van der Waals surface area (Å²) in [5.74, 6) is -1.10. The first-order chi connectivity index (χ1) is 6.60. The van der Waals surface area contributed by atoms with Crippen molar-refractivity contribution in [2.75, 3.05) is 0 Å². The summed E-state index contributed by atoms with van der Waals surface area (Å²) in [6.45, 7) is 1.94. The third kappa shape index (κ3) is 1.73. The molecule has 0 bridgehead atoms. The fourth-order valence-corrected chi connectivity index (χ4v) is 1.32. The lowest BCUT2D eigenvalue weighted by molar-refractivity contribution is 0.0696. The Labute approximate surface area is 81.6 Å². The number of hydrogen-bond acceptors (Lipinski definition) is 3. The molecule has 4 nitrogen and oxygen atoms in total.